The lowest BCUT2D eigenvalue weighted by atomic mass is 9.94. The summed E-state index contributed by atoms with van der Waals surface area (Å²) in [6.07, 6.45) is -16.7. The van der Waals surface area contributed by atoms with E-state index in [0.29, 0.717) is 12.1 Å². The largest absolute Gasteiger partial charge is 0.417 e. The maximum Gasteiger partial charge on any atom is 0.417 e. The molecule has 0 bridgehead atoms. The zero-order valence-corrected chi connectivity index (χ0v) is 21.9. The van der Waals surface area contributed by atoms with Crippen LogP contribution in [-0.4, -0.2) is 42.5 Å². The fraction of sp³-hybridized carbons (Fsp3) is 0.333. The maximum atomic E-state index is 14.9. The summed E-state index contributed by atoms with van der Waals surface area (Å²) >= 11 is 8.71. The number of alkyl halides is 9. The Labute approximate surface area is 228 Å². The first-order chi connectivity index (χ1) is 17.7. The van der Waals surface area contributed by atoms with Gasteiger partial charge in [0.25, 0.3) is 0 Å². The molecular weight excluding hydrogens is 640 g/mol. The Morgan fingerprint density at radius 1 is 0.974 bits per heavy atom. The molecular formula is C24H17BrClF10NO2. The highest BCUT2D eigenvalue weighted by Gasteiger charge is 2.41. The number of benzene rings is 2. The average molecular weight is 657 g/mol. The molecule has 0 N–H and O–H groups in total. The molecule has 3 nitrogen and oxygen atoms in total. The van der Waals surface area contributed by atoms with Crippen molar-refractivity contribution in [3.05, 3.63) is 74.2 Å². The predicted molar refractivity (Wildman–Crippen MR) is 126 cm³/mol. The maximum absolute atomic E-state index is 14.9. The van der Waals surface area contributed by atoms with Crippen molar-refractivity contribution in [2.24, 2.45) is 0 Å². The fourth-order valence-electron chi connectivity index (χ4n) is 3.40. The first-order valence-corrected chi connectivity index (χ1v) is 11.8. The molecule has 0 aliphatic carbocycles. The van der Waals surface area contributed by atoms with Crippen LogP contribution in [0.2, 0.25) is 5.02 Å². The number of carbonyl (C=O) groups excluding carboxylic acids is 2. The number of halogens is 12. The van der Waals surface area contributed by atoms with E-state index in [-0.39, 0.29) is 26.5 Å². The number of rotatable bonds is 8. The van der Waals surface area contributed by atoms with Gasteiger partial charge in [-0.05, 0) is 45.8 Å². The van der Waals surface area contributed by atoms with E-state index >= 15 is 0 Å². The van der Waals surface area contributed by atoms with Crippen molar-refractivity contribution < 1.29 is 53.5 Å². The van der Waals surface area contributed by atoms with Crippen molar-refractivity contribution in [3.63, 3.8) is 0 Å². The monoisotopic (exact) mass is 655 g/mol. The molecule has 2 aromatic rings. The van der Waals surface area contributed by atoms with Gasteiger partial charge in [0.15, 0.2) is 5.78 Å². The Hall–Kier alpha value is -2.61. The smallest absolute Gasteiger partial charge is 0.337 e. The van der Waals surface area contributed by atoms with Crippen LogP contribution in [0.5, 0.6) is 0 Å². The van der Waals surface area contributed by atoms with Gasteiger partial charge in [0, 0.05) is 35.5 Å². The number of nitrogens with zero attached hydrogens (tertiary/aromatic N) is 1. The second-order valence-corrected chi connectivity index (χ2v) is 9.52. The molecule has 0 saturated carbocycles. The minimum atomic E-state index is -5.26. The van der Waals surface area contributed by atoms with Crippen LogP contribution in [0.1, 0.15) is 45.8 Å². The van der Waals surface area contributed by atoms with Gasteiger partial charge < -0.3 is 4.90 Å². The minimum Gasteiger partial charge on any atom is -0.337 e. The van der Waals surface area contributed by atoms with E-state index in [1.54, 1.807) is 0 Å². The van der Waals surface area contributed by atoms with Gasteiger partial charge in [0.05, 0.1) is 10.6 Å². The standard InChI is InChI=1S/C24H17BrClF10NO2/c1-37(11-22(28,29)30)21(39)7-6-20(38)14-4-2-13(8-16(14)24(34,35)36)19(27)10-15(23(31,32)33)12-3-5-18(26)17(25)9-12/h2-5,8-10,15H,6-7,11H2,1H3/b19-10-. The van der Waals surface area contributed by atoms with Crippen LogP contribution >= 0.6 is 27.5 Å². The van der Waals surface area contributed by atoms with Gasteiger partial charge in [-0.2, -0.15) is 39.5 Å². The Balaban J connectivity index is 2.39. The molecule has 0 heterocycles. The first kappa shape index (κ1) is 32.6. The molecule has 2 rings (SSSR count). The molecule has 0 spiro atoms. The average Bonchev–Trinajstić information content (AvgIpc) is 2.79. The van der Waals surface area contributed by atoms with Gasteiger partial charge in [-0.25, -0.2) is 4.39 Å². The van der Waals surface area contributed by atoms with Gasteiger partial charge in [-0.3, -0.25) is 9.59 Å². The van der Waals surface area contributed by atoms with Gasteiger partial charge in [0.2, 0.25) is 5.91 Å². The van der Waals surface area contributed by atoms with Crippen molar-refractivity contribution in [3.8, 4) is 0 Å². The molecule has 214 valence electrons. The van der Waals surface area contributed by atoms with E-state index in [1.807, 2.05) is 0 Å². The van der Waals surface area contributed by atoms with Gasteiger partial charge in [0.1, 0.15) is 18.3 Å². The third-order valence-electron chi connectivity index (χ3n) is 5.28. The van der Waals surface area contributed by atoms with Crippen LogP contribution < -0.4 is 0 Å². The summed E-state index contributed by atoms with van der Waals surface area (Å²) in [5.74, 6) is -6.68. The van der Waals surface area contributed by atoms with E-state index < -0.39 is 83.6 Å². The number of hydrogen-bond donors (Lipinski definition) is 0. The summed E-state index contributed by atoms with van der Waals surface area (Å²) in [5, 5.41) is 0.0629. The van der Waals surface area contributed by atoms with Crippen molar-refractivity contribution in [2.45, 2.75) is 37.3 Å². The highest BCUT2D eigenvalue weighted by Crippen LogP contribution is 2.41. The van der Waals surface area contributed by atoms with Crippen LogP contribution in [0, 0.1) is 0 Å². The van der Waals surface area contributed by atoms with Crippen LogP contribution in [0.4, 0.5) is 43.9 Å². The molecule has 0 fully saturated rings. The zero-order chi connectivity index (χ0) is 29.9. The Kier molecular flexibility index (Phi) is 10.3. The summed E-state index contributed by atoms with van der Waals surface area (Å²) < 4.78 is 134. The fourth-order valence-corrected chi connectivity index (χ4v) is 3.92. The molecule has 0 aromatic heterocycles. The van der Waals surface area contributed by atoms with Crippen LogP contribution in [0.25, 0.3) is 5.83 Å². The molecule has 1 unspecified atom stereocenters. The third kappa shape index (κ3) is 9.23. The van der Waals surface area contributed by atoms with E-state index in [9.17, 15) is 53.5 Å². The summed E-state index contributed by atoms with van der Waals surface area (Å²) in [7, 11) is 0.794. The van der Waals surface area contributed by atoms with Crippen molar-refractivity contribution in [2.75, 3.05) is 13.6 Å². The van der Waals surface area contributed by atoms with Crippen molar-refractivity contribution in [1.82, 2.24) is 4.90 Å². The number of ketones is 1. The topological polar surface area (TPSA) is 37.4 Å². The Morgan fingerprint density at radius 2 is 1.59 bits per heavy atom. The molecule has 15 heteroatoms. The second kappa shape index (κ2) is 12.3. The second-order valence-electron chi connectivity index (χ2n) is 8.25. The number of hydrogen-bond acceptors (Lipinski definition) is 2. The number of carbonyl (C=O) groups is 2. The number of Topliss-reactive ketones (excluding diaryl/α,β-unsaturated/α-hetero) is 1. The van der Waals surface area contributed by atoms with Gasteiger partial charge in [-0.15, -0.1) is 0 Å². The van der Waals surface area contributed by atoms with E-state index in [1.165, 1.54) is 0 Å². The zero-order valence-electron chi connectivity index (χ0n) is 19.5. The molecule has 0 radical (unpaired) electrons. The molecule has 1 amide bonds. The quantitative estimate of drug-likeness (QED) is 0.211. The lowest BCUT2D eigenvalue weighted by Crippen LogP contribution is -2.35. The lowest BCUT2D eigenvalue weighted by molar-refractivity contribution is -0.158. The number of allylic oxidation sites excluding steroid dienone is 1. The van der Waals surface area contributed by atoms with E-state index in [4.69, 9.17) is 11.6 Å². The summed E-state index contributed by atoms with van der Waals surface area (Å²) in [5.41, 5.74) is -4.10. The normalized spacial score (nSPS) is 13.8. The third-order valence-corrected chi connectivity index (χ3v) is 6.49. The van der Waals surface area contributed by atoms with E-state index in [0.717, 1.165) is 25.2 Å². The molecule has 0 saturated heterocycles. The molecule has 0 aliphatic heterocycles. The van der Waals surface area contributed by atoms with E-state index in [2.05, 4.69) is 15.9 Å². The number of amides is 1. The van der Waals surface area contributed by atoms with Crippen molar-refractivity contribution in [1.29, 1.82) is 0 Å². The van der Waals surface area contributed by atoms with Crippen LogP contribution in [-0.2, 0) is 11.0 Å². The summed E-state index contributed by atoms with van der Waals surface area (Å²) in [4.78, 5) is 24.5. The predicted octanol–water partition coefficient (Wildman–Crippen LogP) is 8.76. The highest BCUT2D eigenvalue weighted by molar-refractivity contribution is 9.10. The molecule has 0 aliphatic rings. The SMILES string of the molecule is CN(CC(F)(F)F)C(=O)CCC(=O)c1ccc(/C(F)=C/C(c2ccc(Cl)c(Br)c2)C(F)(F)F)cc1C(F)(F)F. The van der Waals surface area contributed by atoms with Gasteiger partial charge in [-0.1, -0.05) is 29.8 Å². The summed E-state index contributed by atoms with van der Waals surface area (Å²) in [6.45, 7) is -1.64. The highest BCUT2D eigenvalue weighted by atomic mass is 79.9. The van der Waals surface area contributed by atoms with Crippen molar-refractivity contribution >= 4 is 45.0 Å². The molecule has 2 aromatic carbocycles. The molecule has 39 heavy (non-hydrogen) atoms. The first-order valence-electron chi connectivity index (χ1n) is 10.6. The molecule has 1 atom stereocenters. The van der Waals surface area contributed by atoms with Crippen LogP contribution in [0.3, 0.4) is 0 Å². The summed E-state index contributed by atoms with van der Waals surface area (Å²) in [6, 6.07) is 4.36. The Bertz CT molecular complexity index is 1250. The van der Waals surface area contributed by atoms with Crippen LogP contribution in [0.15, 0.2) is 46.9 Å². The minimum absolute atomic E-state index is 0.0629. The lowest BCUT2D eigenvalue weighted by Gasteiger charge is -2.19. The van der Waals surface area contributed by atoms with Gasteiger partial charge >= 0.3 is 18.5 Å². The Morgan fingerprint density at radius 3 is 2.10 bits per heavy atom.